The van der Waals surface area contributed by atoms with E-state index in [0.29, 0.717) is 5.75 Å². The number of hydrogen-bond acceptors (Lipinski definition) is 3. The molecule has 0 unspecified atom stereocenters. The van der Waals surface area contributed by atoms with Crippen LogP contribution < -0.4 is 15.6 Å². The molecule has 22 heavy (non-hydrogen) atoms. The summed E-state index contributed by atoms with van der Waals surface area (Å²) >= 11 is 0. The number of amides is 2. The molecule has 0 radical (unpaired) electrons. The summed E-state index contributed by atoms with van der Waals surface area (Å²) in [5.41, 5.74) is 6.12. The van der Waals surface area contributed by atoms with Crippen LogP contribution in [0.5, 0.6) is 5.75 Å². The highest BCUT2D eigenvalue weighted by Gasteiger charge is 2.21. The molecule has 0 aromatic heterocycles. The van der Waals surface area contributed by atoms with E-state index in [9.17, 15) is 9.59 Å². The zero-order valence-electron chi connectivity index (χ0n) is 13.1. The van der Waals surface area contributed by atoms with Crippen molar-refractivity contribution in [3.63, 3.8) is 0 Å². The molecule has 0 atom stereocenters. The van der Waals surface area contributed by atoms with Crippen molar-refractivity contribution in [2.75, 3.05) is 6.61 Å². The Balaban J connectivity index is 1.67. The van der Waals surface area contributed by atoms with Crippen LogP contribution in [0.2, 0.25) is 0 Å². The molecule has 5 nitrogen and oxygen atoms in total. The van der Waals surface area contributed by atoms with Crippen molar-refractivity contribution in [2.24, 2.45) is 5.92 Å². The summed E-state index contributed by atoms with van der Waals surface area (Å²) < 4.78 is 5.38. The lowest BCUT2D eigenvalue weighted by molar-refractivity contribution is -0.132. The molecule has 1 aromatic rings. The van der Waals surface area contributed by atoms with Gasteiger partial charge in [-0.1, -0.05) is 38.3 Å². The molecular weight excluding hydrogens is 280 g/mol. The summed E-state index contributed by atoms with van der Waals surface area (Å²) in [4.78, 5) is 23.6. The molecule has 0 spiro atoms. The van der Waals surface area contributed by atoms with Gasteiger partial charge in [-0.15, -0.1) is 0 Å². The van der Waals surface area contributed by atoms with Gasteiger partial charge in [0.1, 0.15) is 5.75 Å². The fourth-order valence-electron chi connectivity index (χ4n) is 2.60. The van der Waals surface area contributed by atoms with Crippen molar-refractivity contribution >= 4 is 11.8 Å². The van der Waals surface area contributed by atoms with Crippen LogP contribution >= 0.6 is 0 Å². The maximum absolute atomic E-state index is 11.9. The number of aryl methyl sites for hydroxylation is 1. The molecule has 0 heterocycles. The third-order valence-electron chi connectivity index (χ3n) is 4.00. The van der Waals surface area contributed by atoms with Crippen LogP contribution in [0.15, 0.2) is 24.3 Å². The van der Waals surface area contributed by atoms with Crippen LogP contribution in [-0.4, -0.2) is 18.4 Å². The monoisotopic (exact) mass is 304 g/mol. The van der Waals surface area contributed by atoms with Crippen LogP contribution in [0.25, 0.3) is 0 Å². The lowest BCUT2D eigenvalue weighted by atomic mass is 9.89. The van der Waals surface area contributed by atoms with E-state index in [1.807, 2.05) is 24.3 Å². The van der Waals surface area contributed by atoms with E-state index in [0.717, 1.165) is 32.1 Å². The second-order valence-electron chi connectivity index (χ2n) is 5.66. The van der Waals surface area contributed by atoms with E-state index in [1.54, 1.807) is 0 Å². The van der Waals surface area contributed by atoms with Crippen molar-refractivity contribution < 1.29 is 14.3 Å². The molecule has 2 N–H and O–H groups in total. The van der Waals surface area contributed by atoms with Gasteiger partial charge in [-0.2, -0.15) is 0 Å². The Morgan fingerprint density at radius 2 is 1.77 bits per heavy atom. The van der Waals surface area contributed by atoms with Gasteiger partial charge in [-0.25, -0.2) is 0 Å². The first-order chi connectivity index (χ1) is 10.7. The van der Waals surface area contributed by atoms with Crippen molar-refractivity contribution in [3.05, 3.63) is 29.8 Å². The van der Waals surface area contributed by atoms with Crippen molar-refractivity contribution in [1.82, 2.24) is 10.9 Å². The number of benzene rings is 1. The normalized spacial score (nSPS) is 15.1. The van der Waals surface area contributed by atoms with Gasteiger partial charge < -0.3 is 4.74 Å². The van der Waals surface area contributed by atoms with Gasteiger partial charge in [0.2, 0.25) is 5.91 Å². The Bertz CT molecular complexity index is 493. The SMILES string of the molecule is CCc1ccc(OCC(=O)NNC(=O)C2CCCCC2)cc1. The highest BCUT2D eigenvalue weighted by atomic mass is 16.5. The van der Waals surface area contributed by atoms with Gasteiger partial charge in [0, 0.05) is 5.92 Å². The first-order valence-electron chi connectivity index (χ1n) is 7.99. The third-order valence-corrected chi connectivity index (χ3v) is 4.00. The largest absolute Gasteiger partial charge is 0.484 e. The van der Waals surface area contributed by atoms with Crippen molar-refractivity contribution in [1.29, 1.82) is 0 Å². The molecule has 1 fully saturated rings. The predicted octanol–water partition coefficient (Wildman–Crippen LogP) is 2.36. The standard InChI is InChI=1S/C17H24N2O3/c1-2-13-8-10-15(11-9-13)22-12-16(20)18-19-17(21)14-6-4-3-5-7-14/h8-11,14H,2-7,12H2,1H3,(H,18,20)(H,19,21). The number of hydrazine groups is 1. The summed E-state index contributed by atoms with van der Waals surface area (Å²) in [7, 11) is 0. The molecule has 5 heteroatoms. The van der Waals surface area contributed by atoms with Gasteiger partial charge in [0.25, 0.3) is 5.91 Å². The van der Waals surface area contributed by atoms with Gasteiger partial charge >= 0.3 is 0 Å². The van der Waals surface area contributed by atoms with Crippen molar-refractivity contribution in [3.8, 4) is 5.75 Å². The van der Waals surface area contributed by atoms with Crippen molar-refractivity contribution in [2.45, 2.75) is 45.4 Å². The molecule has 2 rings (SSSR count). The highest BCUT2D eigenvalue weighted by Crippen LogP contribution is 2.23. The first kappa shape index (κ1) is 16.3. The maximum atomic E-state index is 11.9. The fraction of sp³-hybridized carbons (Fsp3) is 0.529. The number of hydrogen-bond donors (Lipinski definition) is 2. The Kier molecular flexibility index (Phi) is 6.25. The number of nitrogens with one attached hydrogen (secondary N) is 2. The fourth-order valence-corrected chi connectivity index (χ4v) is 2.60. The predicted molar refractivity (Wildman–Crippen MR) is 84.2 cm³/mol. The third kappa shape index (κ3) is 5.06. The van der Waals surface area contributed by atoms with Crippen LogP contribution in [-0.2, 0) is 16.0 Å². The molecule has 0 bridgehead atoms. The quantitative estimate of drug-likeness (QED) is 0.821. The average molecular weight is 304 g/mol. The Labute approximate surface area is 131 Å². The van der Waals surface area contributed by atoms with E-state index < -0.39 is 0 Å². The second kappa shape index (κ2) is 8.41. The molecule has 1 aromatic carbocycles. The summed E-state index contributed by atoms with van der Waals surface area (Å²) in [6.45, 7) is 1.97. The van der Waals surface area contributed by atoms with E-state index in [2.05, 4.69) is 17.8 Å². The smallest absolute Gasteiger partial charge is 0.276 e. The zero-order valence-corrected chi connectivity index (χ0v) is 13.1. The molecule has 0 saturated heterocycles. The molecule has 1 aliphatic rings. The highest BCUT2D eigenvalue weighted by molar-refractivity contribution is 5.84. The average Bonchev–Trinajstić information content (AvgIpc) is 2.59. The lowest BCUT2D eigenvalue weighted by Gasteiger charge is -2.20. The molecule has 0 aliphatic heterocycles. The Morgan fingerprint density at radius 1 is 1.09 bits per heavy atom. The van der Waals surface area contributed by atoms with E-state index in [4.69, 9.17) is 4.74 Å². The summed E-state index contributed by atoms with van der Waals surface area (Å²) in [5, 5.41) is 0. The number of carbonyl (C=O) groups is 2. The van der Waals surface area contributed by atoms with Crippen LogP contribution in [0, 0.1) is 5.92 Å². The summed E-state index contributed by atoms with van der Waals surface area (Å²) in [6, 6.07) is 7.62. The van der Waals surface area contributed by atoms with Gasteiger partial charge in [0.15, 0.2) is 6.61 Å². The zero-order chi connectivity index (χ0) is 15.8. The number of ether oxygens (including phenoxy) is 1. The first-order valence-corrected chi connectivity index (χ1v) is 7.99. The minimum atomic E-state index is -0.358. The molecule has 1 saturated carbocycles. The van der Waals surface area contributed by atoms with Crippen LogP contribution in [0.4, 0.5) is 0 Å². The second-order valence-corrected chi connectivity index (χ2v) is 5.66. The van der Waals surface area contributed by atoms with Crippen LogP contribution in [0.1, 0.15) is 44.6 Å². The summed E-state index contributed by atoms with van der Waals surface area (Å²) in [5.74, 6) is 0.214. The Morgan fingerprint density at radius 3 is 2.41 bits per heavy atom. The minimum Gasteiger partial charge on any atom is -0.484 e. The van der Waals surface area contributed by atoms with Gasteiger partial charge in [0.05, 0.1) is 0 Å². The minimum absolute atomic E-state index is 0.0246. The van der Waals surface area contributed by atoms with E-state index in [1.165, 1.54) is 12.0 Å². The molecule has 1 aliphatic carbocycles. The Hall–Kier alpha value is -2.04. The van der Waals surface area contributed by atoms with Crippen LogP contribution in [0.3, 0.4) is 0 Å². The maximum Gasteiger partial charge on any atom is 0.276 e. The summed E-state index contributed by atoms with van der Waals surface area (Å²) in [6.07, 6.45) is 6.14. The van der Waals surface area contributed by atoms with E-state index >= 15 is 0 Å². The number of rotatable bonds is 5. The molecular formula is C17H24N2O3. The lowest BCUT2D eigenvalue weighted by Crippen LogP contribution is -2.46. The van der Waals surface area contributed by atoms with Gasteiger partial charge in [-0.3, -0.25) is 20.4 Å². The molecule has 2 amide bonds. The molecule has 120 valence electrons. The number of carbonyl (C=O) groups excluding carboxylic acids is 2. The van der Waals surface area contributed by atoms with Gasteiger partial charge in [-0.05, 0) is 37.0 Å². The topological polar surface area (TPSA) is 67.4 Å². The van der Waals surface area contributed by atoms with E-state index in [-0.39, 0.29) is 24.3 Å².